The SMILES string of the molecule is C=C(/N=C(\C(C)=C=C(C)c1cccc2oc3c(-c4ccc5c6c(cccc46)-c4ccccc4-5)cccc3c12)c1ccc2ccccc2c1)c1ccccc1. The van der Waals surface area contributed by atoms with Gasteiger partial charge in [-0.25, -0.2) is 4.99 Å². The lowest BCUT2D eigenvalue weighted by molar-refractivity contribution is 0.670. The summed E-state index contributed by atoms with van der Waals surface area (Å²) in [4.78, 5) is 5.16. The molecule has 54 heavy (non-hydrogen) atoms. The van der Waals surface area contributed by atoms with Crippen LogP contribution >= 0.6 is 0 Å². The lowest BCUT2D eigenvalue weighted by Crippen LogP contribution is -2.03. The Morgan fingerprint density at radius 1 is 0.519 bits per heavy atom. The Balaban J connectivity index is 1.14. The topological polar surface area (TPSA) is 25.5 Å². The van der Waals surface area contributed by atoms with E-state index >= 15 is 0 Å². The van der Waals surface area contributed by atoms with Crippen molar-refractivity contribution >= 4 is 60.5 Å². The molecule has 8 aromatic carbocycles. The molecule has 1 aliphatic rings. The van der Waals surface area contributed by atoms with Gasteiger partial charge in [-0.05, 0) is 92.0 Å². The molecule has 1 aromatic heterocycles. The Hall–Kier alpha value is -6.99. The van der Waals surface area contributed by atoms with Crippen LogP contribution in [0, 0.1) is 0 Å². The lowest BCUT2D eigenvalue weighted by atomic mass is 9.92. The fourth-order valence-electron chi connectivity index (χ4n) is 8.36. The second-order valence-electron chi connectivity index (χ2n) is 14.1. The van der Waals surface area contributed by atoms with Gasteiger partial charge in [-0.15, -0.1) is 5.73 Å². The van der Waals surface area contributed by atoms with Crippen LogP contribution in [0.3, 0.4) is 0 Å². The van der Waals surface area contributed by atoms with E-state index in [-0.39, 0.29) is 0 Å². The van der Waals surface area contributed by atoms with Crippen LogP contribution in [0.5, 0.6) is 0 Å². The van der Waals surface area contributed by atoms with Gasteiger partial charge in [-0.1, -0.05) is 158 Å². The molecule has 0 atom stereocenters. The van der Waals surface area contributed by atoms with E-state index in [4.69, 9.17) is 9.41 Å². The monoisotopic (exact) mass is 689 g/mol. The van der Waals surface area contributed by atoms with Crippen LogP contribution in [0.15, 0.2) is 191 Å². The van der Waals surface area contributed by atoms with Crippen molar-refractivity contribution in [2.75, 3.05) is 0 Å². The summed E-state index contributed by atoms with van der Waals surface area (Å²) in [7, 11) is 0. The van der Waals surface area contributed by atoms with Gasteiger partial charge in [0.2, 0.25) is 0 Å². The van der Waals surface area contributed by atoms with Crippen molar-refractivity contribution in [1.82, 2.24) is 0 Å². The van der Waals surface area contributed by atoms with Crippen molar-refractivity contribution in [1.29, 1.82) is 0 Å². The van der Waals surface area contributed by atoms with E-state index in [9.17, 15) is 0 Å². The highest BCUT2D eigenvalue weighted by Gasteiger charge is 2.24. The van der Waals surface area contributed by atoms with E-state index in [1.807, 2.05) is 30.3 Å². The predicted molar refractivity (Wildman–Crippen MR) is 229 cm³/mol. The Labute approximate surface area is 314 Å². The second-order valence-corrected chi connectivity index (χ2v) is 14.1. The Bertz CT molecular complexity index is 3080. The molecule has 10 rings (SSSR count). The summed E-state index contributed by atoms with van der Waals surface area (Å²) in [6, 6.07) is 57.8. The molecule has 0 spiro atoms. The summed E-state index contributed by atoms with van der Waals surface area (Å²) in [5.74, 6) is 0. The van der Waals surface area contributed by atoms with Crippen LogP contribution < -0.4 is 0 Å². The zero-order valence-corrected chi connectivity index (χ0v) is 30.2. The van der Waals surface area contributed by atoms with Gasteiger partial charge >= 0.3 is 0 Å². The molecule has 1 aliphatic carbocycles. The van der Waals surface area contributed by atoms with Gasteiger partial charge in [0, 0.05) is 27.5 Å². The van der Waals surface area contributed by atoms with E-state index in [0.717, 1.165) is 66.4 Å². The highest BCUT2D eigenvalue weighted by molar-refractivity contribution is 6.21. The molecule has 254 valence electrons. The maximum absolute atomic E-state index is 6.80. The maximum atomic E-state index is 6.80. The zero-order valence-electron chi connectivity index (χ0n) is 30.2. The summed E-state index contributed by atoms with van der Waals surface area (Å²) in [5.41, 5.74) is 19.5. The van der Waals surface area contributed by atoms with Gasteiger partial charge in [-0.3, -0.25) is 0 Å². The van der Waals surface area contributed by atoms with Gasteiger partial charge in [0.1, 0.15) is 11.2 Å². The van der Waals surface area contributed by atoms with Crippen LogP contribution in [0.4, 0.5) is 0 Å². The highest BCUT2D eigenvalue weighted by Crippen LogP contribution is 2.50. The molecule has 2 nitrogen and oxygen atoms in total. The van der Waals surface area contributed by atoms with Gasteiger partial charge in [-0.2, -0.15) is 0 Å². The summed E-state index contributed by atoms with van der Waals surface area (Å²) < 4.78 is 6.80. The number of hydrogen-bond acceptors (Lipinski definition) is 2. The number of fused-ring (bicyclic) bond motifs is 7. The van der Waals surface area contributed by atoms with Crippen molar-refractivity contribution in [2.24, 2.45) is 4.99 Å². The van der Waals surface area contributed by atoms with Crippen molar-refractivity contribution in [2.45, 2.75) is 13.8 Å². The van der Waals surface area contributed by atoms with Gasteiger partial charge < -0.3 is 4.42 Å². The molecule has 0 aliphatic heterocycles. The number of rotatable bonds is 6. The van der Waals surface area contributed by atoms with Crippen LogP contribution in [0.1, 0.15) is 30.5 Å². The van der Waals surface area contributed by atoms with Gasteiger partial charge in [0.05, 0.1) is 11.4 Å². The second kappa shape index (κ2) is 12.6. The fourth-order valence-corrected chi connectivity index (χ4v) is 8.36. The van der Waals surface area contributed by atoms with E-state index in [1.165, 1.54) is 44.0 Å². The maximum Gasteiger partial charge on any atom is 0.143 e. The molecule has 1 heterocycles. The molecule has 0 amide bonds. The van der Waals surface area contributed by atoms with Gasteiger partial charge in [0.15, 0.2) is 0 Å². The predicted octanol–water partition coefficient (Wildman–Crippen LogP) is 14.3. The average Bonchev–Trinajstić information content (AvgIpc) is 3.77. The number of para-hydroxylation sites is 1. The summed E-state index contributed by atoms with van der Waals surface area (Å²) in [6.07, 6.45) is 0. The van der Waals surface area contributed by atoms with E-state index in [1.54, 1.807) is 0 Å². The third kappa shape index (κ3) is 5.08. The third-order valence-corrected chi connectivity index (χ3v) is 10.9. The van der Waals surface area contributed by atoms with Crippen LogP contribution in [0.2, 0.25) is 0 Å². The normalized spacial score (nSPS) is 12.0. The number of nitrogens with zero attached hydrogens (tertiary/aromatic N) is 1. The number of hydrogen-bond donors (Lipinski definition) is 0. The molecule has 0 saturated carbocycles. The molecular formula is C52H35NO. The van der Waals surface area contributed by atoms with Crippen LogP contribution in [0.25, 0.3) is 88.1 Å². The molecule has 0 saturated heterocycles. The minimum atomic E-state index is 0.708. The first-order valence-electron chi connectivity index (χ1n) is 18.4. The average molecular weight is 690 g/mol. The largest absolute Gasteiger partial charge is 0.455 e. The molecule has 2 heteroatoms. The van der Waals surface area contributed by atoms with Crippen LogP contribution in [-0.4, -0.2) is 5.71 Å². The Morgan fingerprint density at radius 3 is 1.98 bits per heavy atom. The van der Waals surface area contributed by atoms with Crippen molar-refractivity contribution < 1.29 is 4.42 Å². The molecule has 0 radical (unpaired) electrons. The number of benzene rings is 8. The lowest BCUT2D eigenvalue weighted by Gasteiger charge is -2.11. The van der Waals surface area contributed by atoms with Crippen molar-refractivity contribution in [3.8, 4) is 33.4 Å². The van der Waals surface area contributed by atoms with Crippen molar-refractivity contribution in [3.63, 3.8) is 0 Å². The third-order valence-electron chi connectivity index (χ3n) is 10.9. The first-order chi connectivity index (χ1) is 26.5. The Morgan fingerprint density at radius 2 is 1.17 bits per heavy atom. The number of furan rings is 1. The van der Waals surface area contributed by atoms with E-state index in [2.05, 4.69) is 160 Å². The summed E-state index contributed by atoms with van der Waals surface area (Å²) >= 11 is 0. The smallest absolute Gasteiger partial charge is 0.143 e. The minimum Gasteiger partial charge on any atom is -0.455 e. The van der Waals surface area contributed by atoms with Crippen LogP contribution in [-0.2, 0) is 0 Å². The fraction of sp³-hybridized carbons (Fsp3) is 0.0385. The molecular weight excluding hydrogens is 655 g/mol. The zero-order chi connectivity index (χ0) is 36.3. The number of aliphatic imine (C=N–C) groups is 1. The summed E-state index contributed by atoms with van der Waals surface area (Å²) in [6.45, 7) is 8.59. The van der Waals surface area contributed by atoms with Gasteiger partial charge in [0.25, 0.3) is 0 Å². The molecule has 9 aromatic rings. The highest BCUT2D eigenvalue weighted by atomic mass is 16.3. The standard InChI is InChI=1S/C52H35NO/c1-32(30-33(2)51(53-34(3)35-14-5-4-6-15-35)38-27-26-36-16-7-8-17-37(36)31-38)39-20-13-25-48-50(39)47-24-12-23-46(52(47)54-48)42-28-29-45-41-19-10-9-18-40(41)43-21-11-22-44(42)49(43)45/h4-29,31H,3H2,1-2H3/b53-51+. The molecule has 0 fully saturated rings. The molecule has 0 bridgehead atoms. The van der Waals surface area contributed by atoms with E-state index < -0.39 is 0 Å². The first kappa shape index (κ1) is 31.7. The first-order valence-corrected chi connectivity index (χ1v) is 18.4. The number of allylic oxidation sites excluding steroid dienone is 1. The van der Waals surface area contributed by atoms with Crippen molar-refractivity contribution in [3.05, 3.63) is 198 Å². The Kier molecular flexibility index (Phi) is 7.40. The quantitative estimate of drug-likeness (QED) is 0.126. The van der Waals surface area contributed by atoms with E-state index in [0.29, 0.717) is 5.70 Å². The molecule has 0 unspecified atom stereocenters. The minimum absolute atomic E-state index is 0.708. The summed E-state index contributed by atoms with van der Waals surface area (Å²) in [5, 5.41) is 7.07. The molecule has 0 N–H and O–H groups in total.